The number of halogens is 3. The van der Waals surface area contributed by atoms with Gasteiger partial charge in [-0.05, 0) is 37.3 Å². The topological polar surface area (TPSA) is 29.1 Å². The minimum atomic E-state index is -0.567. The summed E-state index contributed by atoms with van der Waals surface area (Å²) in [4.78, 5) is 12.0. The van der Waals surface area contributed by atoms with Crippen LogP contribution in [0.5, 0.6) is 0 Å². The largest absolute Gasteiger partial charge is 0.322 e. The van der Waals surface area contributed by atoms with Gasteiger partial charge in [0.1, 0.15) is 5.82 Å². The van der Waals surface area contributed by atoms with E-state index in [-0.39, 0.29) is 5.56 Å². The first-order valence-electron chi connectivity index (χ1n) is 5.50. The molecule has 2 rings (SSSR count). The van der Waals surface area contributed by atoms with Gasteiger partial charge in [-0.1, -0.05) is 34.8 Å². The molecule has 0 aromatic heterocycles. The Bertz CT molecular complexity index is 643. The zero-order chi connectivity index (χ0) is 14.0. The van der Waals surface area contributed by atoms with Crippen LogP contribution in [-0.2, 0) is 0 Å². The molecule has 0 bridgehead atoms. The number of carbonyl (C=O) groups excluding carboxylic acids is 1. The van der Waals surface area contributed by atoms with Crippen LogP contribution >= 0.6 is 23.2 Å². The molecule has 19 heavy (non-hydrogen) atoms. The van der Waals surface area contributed by atoms with Gasteiger partial charge >= 0.3 is 0 Å². The Hall–Kier alpha value is -1.58. The summed E-state index contributed by atoms with van der Waals surface area (Å²) in [6.07, 6.45) is 0. The lowest BCUT2D eigenvalue weighted by Gasteiger charge is -2.07. The molecule has 0 saturated heterocycles. The SMILES string of the molecule is Cc1ccc(F)c(C(=O)Nc2ccc(Cl)c(Cl)c2)c1. The molecule has 0 aliphatic carbocycles. The van der Waals surface area contributed by atoms with Gasteiger partial charge in [-0.15, -0.1) is 0 Å². The number of nitrogens with one attached hydrogen (secondary N) is 1. The Balaban J connectivity index is 2.25. The van der Waals surface area contributed by atoms with Crippen molar-refractivity contribution in [2.75, 3.05) is 5.32 Å². The molecule has 0 atom stereocenters. The lowest BCUT2D eigenvalue weighted by atomic mass is 10.1. The smallest absolute Gasteiger partial charge is 0.258 e. The molecule has 2 nitrogen and oxygen atoms in total. The van der Waals surface area contributed by atoms with E-state index in [1.54, 1.807) is 25.1 Å². The number of hydrogen-bond donors (Lipinski definition) is 1. The van der Waals surface area contributed by atoms with Crippen LogP contribution in [0.2, 0.25) is 10.0 Å². The van der Waals surface area contributed by atoms with Crippen molar-refractivity contribution in [2.24, 2.45) is 0 Å². The van der Waals surface area contributed by atoms with Crippen LogP contribution in [0.25, 0.3) is 0 Å². The van der Waals surface area contributed by atoms with E-state index in [0.29, 0.717) is 15.7 Å². The van der Waals surface area contributed by atoms with E-state index in [1.165, 1.54) is 18.2 Å². The number of benzene rings is 2. The first-order chi connectivity index (χ1) is 8.97. The first-order valence-corrected chi connectivity index (χ1v) is 6.25. The molecule has 0 fully saturated rings. The van der Waals surface area contributed by atoms with Crippen LogP contribution in [0.4, 0.5) is 10.1 Å². The second-order valence-corrected chi connectivity index (χ2v) is 4.88. The third kappa shape index (κ3) is 3.25. The maximum Gasteiger partial charge on any atom is 0.258 e. The maximum atomic E-state index is 13.6. The van der Waals surface area contributed by atoms with Gasteiger partial charge in [0.25, 0.3) is 5.91 Å². The molecule has 2 aromatic carbocycles. The van der Waals surface area contributed by atoms with E-state index in [0.717, 1.165) is 5.56 Å². The Kier molecular flexibility index (Phi) is 4.08. The quantitative estimate of drug-likeness (QED) is 0.856. The van der Waals surface area contributed by atoms with Gasteiger partial charge in [-0.3, -0.25) is 4.79 Å². The normalized spacial score (nSPS) is 10.3. The van der Waals surface area contributed by atoms with Gasteiger partial charge in [0.15, 0.2) is 0 Å². The van der Waals surface area contributed by atoms with Gasteiger partial charge in [0.05, 0.1) is 15.6 Å². The third-order valence-electron chi connectivity index (χ3n) is 2.54. The van der Waals surface area contributed by atoms with E-state index < -0.39 is 11.7 Å². The predicted octanol–water partition coefficient (Wildman–Crippen LogP) is 4.69. The van der Waals surface area contributed by atoms with Crippen LogP contribution in [0, 0.1) is 12.7 Å². The molecule has 0 unspecified atom stereocenters. The molecular formula is C14H10Cl2FNO. The highest BCUT2D eigenvalue weighted by Gasteiger charge is 2.12. The molecule has 0 aliphatic heterocycles. The summed E-state index contributed by atoms with van der Waals surface area (Å²) in [6, 6.07) is 9.02. The standard InChI is InChI=1S/C14H10Cl2FNO/c1-8-2-5-13(17)10(6-8)14(19)18-9-3-4-11(15)12(16)7-9/h2-7H,1H3,(H,18,19). The van der Waals surface area contributed by atoms with Gasteiger partial charge in [0.2, 0.25) is 0 Å². The average molecular weight is 298 g/mol. The minimum Gasteiger partial charge on any atom is -0.322 e. The summed E-state index contributed by atoms with van der Waals surface area (Å²) in [5.41, 5.74) is 1.26. The van der Waals surface area contributed by atoms with E-state index >= 15 is 0 Å². The average Bonchev–Trinajstić information content (AvgIpc) is 2.36. The Morgan fingerprint density at radius 3 is 2.53 bits per heavy atom. The van der Waals surface area contributed by atoms with Crippen molar-refractivity contribution in [2.45, 2.75) is 6.92 Å². The lowest BCUT2D eigenvalue weighted by molar-refractivity contribution is 0.102. The van der Waals surface area contributed by atoms with Crippen LogP contribution in [-0.4, -0.2) is 5.91 Å². The van der Waals surface area contributed by atoms with Gasteiger partial charge in [0, 0.05) is 5.69 Å². The fourth-order valence-electron chi connectivity index (χ4n) is 1.59. The molecule has 1 N–H and O–H groups in total. The van der Waals surface area contributed by atoms with Crippen LogP contribution in [0.1, 0.15) is 15.9 Å². The Labute approximate surface area is 120 Å². The number of amides is 1. The zero-order valence-electron chi connectivity index (χ0n) is 10.0. The van der Waals surface area contributed by atoms with Crippen molar-refractivity contribution in [3.63, 3.8) is 0 Å². The van der Waals surface area contributed by atoms with Crippen LogP contribution < -0.4 is 5.32 Å². The number of anilines is 1. The van der Waals surface area contributed by atoms with Crippen LogP contribution in [0.3, 0.4) is 0 Å². The highest BCUT2D eigenvalue weighted by Crippen LogP contribution is 2.25. The summed E-state index contributed by atoms with van der Waals surface area (Å²) in [5, 5.41) is 3.29. The second-order valence-electron chi connectivity index (χ2n) is 4.07. The molecule has 0 saturated carbocycles. The summed E-state index contributed by atoms with van der Waals surface area (Å²) in [6.45, 7) is 1.79. The van der Waals surface area contributed by atoms with E-state index in [4.69, 9.17) is 23.2 Å². The first kappa shape index (κ1) is 13.8. The molecule has 98 valence electrons. The van der Waals surface area contributed by atoms with Crippen molar-refractivity contribution in [1.29, 1.82) is 0 Å². The molecule has 0 radical (unpaired) electrons. The monoisotopic (exact) mass is 297 g/mol. The number of aryl methyl sites for hydroxylation is 1. The van der Waals surface area contributed by atoms with Gasteiger partial charge in [-0.25, -0.2) is 4.39 Å². The predicted molar refractivity (Wildman–Crippen MR) is 75.6 cm³/mol. The van der Waals surface area contributed by atoms with Crippen molar-refractivity contribution >= 4 is 34.8 Å². The highest BCUT2D eigenvalue weighted by atomic mass is 35.5. The molecule has 5 heteroatoms. The fourth-order valence-corrected chi connectivity index (χ4v) is 1.88. The molecule has 2 aromatic rings. The number of carbonyl (C=O) groups is 1. The van der Waals surface area contributed by atoms with Gasteiger partial charge < -0.3 is 5.32 Å². The number of hydrogen-bond acceptors (Lipinski definition) is 1. The minimum absolute atomic E-state index is 0.00827. The Morgan fingerprint density at radius 2 is 1.84 bits per heavy atom. The van der Waals surface area contributed by atoms with Crippen molar-refractivity contribution in [3.05, 3.63) is 63.4 Å². The summed E-state index contributed by atoms with van der Waals surface area (Å²) >= 11 is 11.6. The van der Waals surface area contributed by atoms with Gasteiger partial charge in [-0.2, -0.15) is 0 Å². The number of rotatable bonds is 2. The second kappa shape index (κ2) is 5.59. The van der Waals surface area contributed by atoms with E-state index in [1.807, 2.05) is 0 Å². The third-order valence-corrected chi connectivity index (χ3v) is 3.28. The fraction of sp³-hybridized carbons (Fsp3) is 0.0714. The molecule has 1 amide bonds. The zero-order valence-corrected chi connectivity index (χ0v) is 11.5. The Morgan fingerprint density at radius 1 is 1.11 bits per heavy atom. The van der Waals surface area contributed by atoms with E-state index in [2.05, 4.69) is 5.32 Å². The van der Waals surface area contributed by atoms with Crippen LogP contribution in [0.15, 0.2) is 36.4 Å². The van der Waals surface area contributed by atoms with Crippen molar-refractivity contribution in [3.8, 4) is 0 Å². The summed E-state index contributed by atoms with van der Waals surface area (Å²) in [7, 11) is 0. The summed E-state index contributed by atoms with van der Waals surface area (Å²) < 4.78 is 13.6. The van der Waals surface area contributed by atoms with E-state index in [9.17, 15) is 9.18 Å². The molecule has 0 aliphatic rings. The van der Waals surface area contributed by atoms with Crippen molar-refractivity contribution in [1.82, 2.24) is 0 Å². The molecule has 0 heterocycles. The highest BCUT2D eigenvalue weighted by molar-refractivity contribution is 6.42. The maximum absolute atomic E-state index is 13.6. The van der Waals surface area contributed by atoms with Crippen molar-refractivity contribution < 1.29 is 9.18 Å². The molecular weight excluding hydrogens is 288 g/mol. The molecule has 0 spiro atoms. The summed E-state index contributed by atoms with van der Waals surface area (Å²) in [5.74, 6) is -1.09. The lowest BCUT2D eigenvalue weighted by Crippen LogP contribution is -2.14.